The van der Waals surface area contributed by atoms with Crippen LogP contribution in [0, 0.1) is 5.82 Å². The fourth-order valence-electron chi connectivity index (χ4n) is 2.68. The highest BCUT2D eigenvalue weighted by molar-refractivity contribution is 5.79. The minimum absolute atomic E-state index is 0.0329. The number of carbonyl (C=O) groups is 2. The molecule has 1 fully saturated rings. The quantitative estimate of drug-likeness (QED) is 0.813. The predicted molar refractivity (Wildman–Crippen MR) is 89.1 cm³/mol. The average molecular weight is 336 g/mol. The summed E-state index contributed by atoms with van der Waals surface area (Å²) in [5.74, 6) is -0.269. The molecule has 1 aromatic rings. The van der Waals surface area contributed by atoms with Gasteiger partial charge in [0.15, 0.2) is 0 Å². The fraction of sp³-hybridized carbons (Fsp3) is 0.556. The molecule has 5 nitrogen and oxygen atoms in total. The maximum atomic E-state index is 12.9. The molecule has 6 heteroatoms. The van der Waals surface area contributed by atoms with Crippen molar-refractivity contribution in [3.63, 3.8) is 0 Å². The van der Waals surface area contributed by atoms with E-state index in [1.54, 1.807) is 17.0 Å². The lowest BCUT2D eigenvalue weighted by atomic mass is 10.0. The van der Waals surface area contributed by atoms with Crippen LogP contribution in [0.5, 0.6) is 0 Å². The van der Waals surface area contributed by atoms with Gasteiger partial charge in [-0.25, -0.2) is 9.18 Å². The minimum atomic E-state index is -0.375. The van der Waals surface area contributed by atoms with Gasteiger partial charge in [0.05, 0.1) is 13.0 Å². The first-order chi connectivity index (χ1) is 11.6. The number of nitrogens with zero attached hydrogens (tertiary/aromatic N) is 1. The number of unbranched alkanes of at least 4 members (excludes halogenated alkanes) is 1. The Hall–Kier alpha value is -2.11. The number of benzene rings is 1. The second kappa shape index (κ2) is 9.25. The fourth-order valence-corrected chi connectivity index (χ4v) is 2.68. The van der Waals surface area contributed by atoms with Crippen LogP contribution in [0.15, 0.2) is 24.3 Å². The summed E-state index contributed by atoms with van der Waals surface area (Å²) >= 11 is 0. The van der Waals surface area contributed by atoms with E-state index in [4.69, 9.17) is 4.74 Å². The van der Waals surface area contributed by atoms with E-state index in [9.17, 15) is 14.0 Å². The van der Waals surface area contributed by atoms with Crippen LogP contribution in [0.4, 0.5) is 9.18 Å². The normalized spacial score (nSPS) is 15.2. The molecule has 1 N–H and O–H groups in total. The van der Waals surface area contributed by atoms with E-state index in [2.05, 4.69) is 5.32 Å². The summed E-state index contributed by atoms with van der Waals surface area (Å²) < 4.78 is 18.0. The number of amides is 2. The van der Waals surface area contributed by atoms with Crippen LogP contribution in [-0.2, 0) is 16.0 Å². The number of hydrogen-bond acceptors (Lipinski definition) is 3. The van der Waals surface area contributed by atoms with Gasteiger partial charge in [-0.1, -0.05) is 25.5 Å². The van der Waals surface area contributed by atoms with Gasteiger partial charge in [-0.15, -0.1) is 0 Å². The minimum Gasteiger partial charge on any atom is -0.450 e. The van der Waals surface area contributed by atoms with Crippen molar-refractivity contribution in [2.45, 2.75) is 45.1 Å². The number of carbonyl (C=O) groups excluding carboxylic acids is 2. The molecule has 1 aliphatic heterocycles. The molecule has 0 spiro atoms. The lowest BCUT2D eigenvalue weighted by molar-refractivity contribution is -0.131. The summed E-state index contributed by atoms with van der Waals surface area (Å²) in [6.07, 6.45) is 3.19. The van der Waals surface area contributed by atoms with Crippen molar-refractivity contribution < 1.29 is 18.7 Å². The van der Waals surface area contributed by atoms with Gasteiger partial charge in [0, 0.05) is 19.1 Å². The van der Waals surface area contributed by atoms with Crippen molar-refractivity contribution in [2.24, 2.45) is 0 Å². The van der Waals surface area contributed by atoms with E-state index in [1.807, 2.05) is 6.92 Å². The highest BCUT2D eigenvalue weighted by Crippen LogP contribution is 2.13. The number of nitrogens with one attached hydrogen (secondary N) is 1. The molecular weight excluding hydrogens is 311 g/mol. The Labute approximate surface area is 142 Å². The highest BCUT2D eigenvalue weighted by Gasteiger charge is 2.24. The molecule has 0 unspecified atom stereocenters. The van der Waals surface area contributed by atoms with E-state index in [-0.39, 0.29) is 30.3 Å². The van der Waals surface area contributed by atoms with Crippen molar-refractivity contribution in [1.82, 2.24) is 10.2 Å². The number of rotatable bonds is 6. The van der Waals surface area contributed by atoms with E-state index in [1.165, 1.54) is 12.1 Å². The molecule has 0 aromatic heterocycles. The second-order valence-corrected chi connectivity index (χ2v) is 6.09. The van der Waals surface area contributed by atoms with Crippen LogP contribution in [0.3, 0.4) is 0 Å². The van der Waals surface area contributed by atoms with E-state index >= 15 is 0 Å². The van der Waals surface area contributed by atoms with E-state index < -0.39 is 0 Å². The number of alkyl carbamates (subject to hydrolysis) is 1. The van der Waals surface area contributed by atoms with Crippen molar-refractivity contribution in [1.29, 1.82) is 0 Å². The van der Waals surface area contributed by atoms with Crippen LogP contribution in [-0.4, -0.2) is 42.6 Å². The zero-order valence-corrected chi connectivity index (χ0v) is 14.1. The second-order valence-electron chi connectivity index (χ2n) is 6.09. The molecule has 1 heterocycles. The molecule has 0 atom stereocenters. The van der Waals surface area contributed by atoms with Gasteiger partial charge < -0.3 is 15.0 Å². The lowest BCUT2D eigenvalue weighted by Crippen LogP contribution is -2.47. The number of halogens is 1. The van der Waals surface area contributed by atoms with Gasteiger partial charge in [-0.05, 0) is 37.0 Å². The van der Waals surface area contributed by atoms with Gasteiger partial charge in [-0.2, -0.15) is 0 Å². The van der Waals surface area contributed by atoms with Crippen LogP contribution in [0.2, 0.25) is 0 Å². The summed E-state index contributed by atoms with van der Waals surface area (Å²) in [5, 5.41) is 2.85. The topological polar surface area (TPSA) is 58.6 Å². The molecule has 0 radical (unpaired) electrons. The molecule has 1 aliphatic rings. The number of likely N-dealkylation sites (tertiary alicyclic amines) is 1. The highest BCUT2D eigenvalue weighted by atomic mass is 19.1. The summed E-state index contributed by atoms with van der Waals surface area (Å²) in [6.45, 7) is 3.71. The SMILES string of the molecule is CCCCOC(=O)NC1CCN(C(=O)Cc2ccc(F)cc2)CC1. The van der Waals surface area contributed by atoms with Gasteiger partial charge >= 0.3 is 6.09 Å². The molecule has 24 heavy (non-hydrogen) atoms. The zero-order chi connectivity index (χ0) is 17.4. The summed E-state index contributed by atoms with van der Waals surface area (Å²) in [4.78, 5) is 25.7. The van der Waals surface area contributed by atoms with Crippen LogP contribution >= 0.6 is 0 Å². The molecule has 1 aromatic carbocycles. The third-order valence-electron chi connectivity index (χ3n) is 4.17. The molecule has 132 valence electrons. The summed E-state index contributed by atoms with van der Waals surface area (Å²) in [6, 6.07) is 6.04. The molecule has 0 saturated carbocycles. The van der Waals surface area contributed by atoms with Crippen molar-refractivity contribution in [3.8, 4) is 0 Å². The van der Waals surface area contributed by atoms with Crippen LogP contribution in [0.25, 0.3) is 0 Å². The first kappa shape index (κ1) is 18.2. The largest absolute Gasteiger partial charge is 0.450 e. The van der Waals surface area contributed by atoms with E-state index in [0.717, 1.165) is 31.2 Å². The Balaban J connectivity index is 1.70. The average Bonchev–Trinajstić information content (AvgIpc) is 2.58. The Kier molecular flexibility index (Phi) is 7.03. The number of ether oxygens (including phenoxy) is 1. The lowest BCUT2D eigenvalue weighted by Gasteiger charge is -2.32. The van der Waals surface area contributed by atoms with Gasteiger partial charge in [0.25, 0.3) is 0 Å². The third-order valence-corrected chi connectivity index (χ3v) is 4.17. The van der Waals surface area contributed by atoms with Crippen LogP contribution in [0.1, 0.15) is 38.2 Å². The Morgan fingerprint density at radius 3 is 2.54 bits per heavy atom. The molecule has 1 saturated heterocycles. The Bertz CT molecular complexity index is 540. The monoisotopic (exact) mass is 336 g/mol. The molecule has 0 aliphatic carbocycles. The Morgan fingerprint density at radius 2 is 1.92 bits per heavy atom. The first-order valence-corrected chi connectivity index (χ1v) is 8.54. The molecule has 0 bridgehead atoms. The van der Waals surface area contributed by atoms with Gasteiger partial charge in [0.2, 0.25) is 5.91 Å². The van der Waals surface area contributed by atoms with Crippen molar-refractivity contribution in [2.75, 3.05) is 19.7 Å². The van der Waals surface area contributed by atoms with Crippen molar-refractivity contribution >= 4 is 12.0 Å². The molecule has 2 amide bonds. The molecular formula is C18H25FN2O3. The first-order valence-electron chi connectivity index (χ1n) is 8.54. The summed E-state index contributed by atoms with van der Waals surface area (Å²) in [5.41, 5.74) is 0.807. The number of piperidine rings is 1. The van der Waals surface area contributed by atoms with Gasteiger partial charge in [0.1, 0.15) is 5.82 Å². The smallest absolute Gasteiger partial charge is 0.407 e. The zero-order valence-electron chi connectivity index (χ0n) is 14.1. The predicted octanol–water partition coefficient (Wildman–Crippen LogP) is 2.89. The van der Waals surface area contributed by atoms with Gasteiger partial charge in [-0.3, -0.25) is 4.79 Å². The molecule has 2 rings (SSSR count). The third kappa shape index (κ3) is 5.83. The van der Waals surface area contributed by atoms with E-state index in [0.29, 0.717) is 19.7 Å². The van der Waals surface area contributed by atoms with Crippen LogP contribution < -0.4 is 5.32 Å². The standard InChI is InChI=1S/C18H25FN2O3/c1-2-3-12-24-18(23)20-16-8-10-21(11-9-16)17(22)13-14-4-6-15(19)7-5-14/h4-7,16H,2-3,8-13H2,1H3,(H,20,23). The Morgan fingerprint density at radius 1 is 1.25 bits per heavy atom. The summed E-state index contributed by atoms with van der Waals surface area (Å²) in [7, 11) is 0. The maximum absolute atomic E-state index is 12.9. The van der Waals surface area contributed by atoms with Crippen molar-refractivity contribution in [3.05, 3.63) is 35.6 Å². The number of hydrogen-bond donors (Lipinski definition) is 1. The maximum Gasteiger partial charge on any atom is 0.407 e.